The van der Waals surface area contributed by atoms with Crippen LogP contribution in [0.3, 0.4) is 0 Å². The number of halogens is 3. The molecule has 0 fully saturated rings. The summed E-state index contributed by atoms with van der Waals surface area (Å²) in [4.78, 5) is 0. The van der Waals surface area contributed by atoms with Gasteiger partial charge in [0.25, 0.3) is 0 Å². The van der Waals surface area contributed by atoms with Crippen molar-refractivity contribution < 1.29 is 17.9 Å². The predicted octanol–water partition coefficient (Wildman–Crippen LogP) is 1.47. The molecule has 0 unspecified atom stereocenters. The Morgan fingerprint density at radius 2 is 2.15 bits per heavy atom. The maximum absolute atomic E-state index is 11.7. The Balaban J connectivity index is 2.64. The van der Waals surface area contributed by atoms with Crippen LogP contribution >= 0.6 is 0 Å². The molecule has 6 heteroatoms. The second kappa shape index (κ2) is 3.27. The van der Waals surface area contributed by atoms with Gasteiger partial charge in [-0.15, -0.1) is 0 Å². The number of aromatic nitrogens is 2. The first kappa shape index (κ1) is 9.88. The van der Waals surface area contributed by atoms with Gasteiger partial charge < -0.3 is 4.74 Å². The molecular formula is C7H8F3N2O. The first-order chi connectivity index (χ1) is 5.90. The molecule has 73 valence electrons. The fraction of sp³-hybridized carbons (Fsp3) is 0.571. The summed E-state index contributed by atoms with van der Waals surface area (Å²) in [6.45, 7) is 0.278. The van der Waals surface area contributed by atoms with Gasteiger partial charge in [0.05, 0.1) is 0 Å². The van der Waals surface area contributed by atoms with Crippen molar-refractivity contribution in [3.05, 3.63) is 11.8 Å². The van der Waals surface area contributed by atoms with E-state index >= 15 is 0 Å². The van der Waals surface area contributed by atoms with Gasteiger partial charge in [-0.2, -0.15) is 18.3 Å². The van der Waals surface area contributed by atoms with Crippen LogP contribution in [0.25, 0.3) is 0 Å². The third kappa shape index (κ3) is 2.64. The number of hydrogen-bond acceptors (Lipinski definition) is 2. The Bertz CT molecular complexity index is 273. The molecule has 0 aliphatic carbocycles. The zero-order valence-corrected chi connectivity index (χ0v) is 7.14. The third-order valence-electron chi connectivity index (χ3n) is 1.35. The van der Waals surface area contributed by atoms with E-state index in [0.717, 1.165) is 0 Å². The molecule has 0 aromatic carbocycles. The number of alkyl halides is 3. The van der Waals surface area contributed by atoms with E-state index in [2.05, 4.69) is 16.0 Å². The van der Waals surface area contributed by atoms with Gasteiger partial charge in [-0.3, -0.25) is 0 Å². The van der Waals surface area contributed by atoms with Crippen LogP contribution < -0.4 is 4.74 Å². The zero-order chi connectivity index (χ0) is 10.1. The summed E-state index contributed by atoms with van der Waals surface area (Å²) in [6, 6.07) is 0. The second-order valence-corrected chi connectivity index (χ2v) is 2.57. The Hall–Kier alpha value is -1.20. The molecule has 0 atom stereocenters. The number of aryl methyl sites for hydroxylation is 2. The number of rotatable bonds is 2. The topological polar surface area (TPSA) is 27.1 Å². The average molecular weight is 193 g/mol. The molecule has 0 spiro atoms. The minimum atomic E-state index is -4.32. The average Bonchev–Trinajstić information content (AvgIpc) is 2.27. The van der Waals surface area contributed by atoms with Crippen molar-refractivity contribution in [3.8, 4) is 5.88 Å². The molecule has 1 radical (unpaired) electrons. The highest BCUT2D eigenvalue weighted by atomic mass is 19.4. The molecule has 3 nitrogen and oxygen atoms in total. The van der Waals surface area contributed by atoms with E-state index < -0.39 is 12.8 Å². The molecule has 0 saturated heterocycles. The smallest absolute Gasteiger partial charge is 0.422 e. The van der Waals surface area contributed by atoms with Gasteiger partial charge in [0.1, 0.15) is 6.20 Å². The lowest BCUT2D eigenvalue weighted by atomic mass is 10.4. The van der Waals surface area contributed by atoms with Crippen LogP contribution in [0.1, 0.15) is 5.56 Å². The lowest BCUT2D eigenvalue weighted by Crippen LogP contribution is -2.20. The van der Waals surface area contributed by atoms with Crippen LogP contribution in [0.5, 0.6) is 5.88 Å². The van der Waals surface area contributed by atoms with Gasteiger partial charge in [0.15, 0.2) is 6.61 Å². The van der Waals surface area contributed by atoms with Gasteiger partial charge in [-0.25, -0.2) is 4.68 Å². The van der Waals surface area contributed by atoms with Crippen molar-refractivity contribution in [2.24, 2.45) is 7.05 Å². The lowest BCUT2D eigenvalue weighted by molar-refractivity contribution is -0.154. The summed E-state index contributed by atoms with van der Waals surface area (Å²) in [5, 5.41) is 3.62. The highest BCUT2D eigenvalue weighted by Crippen LogP contribution is 2.20. The normalized spacial score (nSPS) is 11.8. The van der Waals surface area contributed by atoms with E-state index in [4.69, 9.17) is 0 Å². The van der Waals surface area contributed by atoms with E-state index in [0.29, 0.717) is 5.56 Å². The van der Waals surface area contributed by atoms with Crippen molar-refractivity contribution in [2.75, 3.05) is 6.61 Å². The molecule has 1 aromatic rings. The largest absolute Gasteiger partial charge is 0.468 e. The molecule has 1 rings (SSSR count). The van der Waals surface area contributed by atoms with Crippen LogP contribution in [0.2, 0.25) is 0 Å². The minimum Gasteiger partial charge on any atom is -0.468 e. The standard InChI is InChI=1S/C7H8F3N2O/c1-5-3-11-12(2)6(5)13-4-7(8,9)10/h4H2,1-2H3. The van der Waals surface area contributed by atoms with Crippen LogP contribution in [0.15, 0.2) is 0 Å². The first-order valence-electron chi connectivity index (χ1n) is 3.51. The van der Waals surface area contributed by atoms with Crippen molar-refractivity contribution in [3.63, 3.8) is 0 Å². The van der Waals surface area contributed by atoms with Gasteiger partial charge in [0, 0.05) is 12.6 Å². The summed E-state index contributed by atoms with van der Waals surface area (Å²) in [5.41, 5.74) is 0.465. The van der Waals surface area contributed by atoms with E-state index in [1.807, 2.05) is 0 Å². The summed E-state index contributed by atoms with van der Waals surface area (Å²) < 4.78 is 41.0. The van der Waals surface area contributed by atoms with Crippen molar-refractivity contribution >= 4 is 0 Å². The summed E-state index contributed by atoms with van der Waals surface area (Å²) >= 11 is 0. The predicted molar refractivity (Wildman–Crippen MR) is 38.3 cm³/mol. The number of hydrogen-bond donors (Lipinski definition) is 0. The number of ether oxygens (including phenoxy) is 1. The molecule has 0 aliphatic rings. The summed E-state index contributed by atoms with van der Waals surface area (Å²) in [6.07, 6.45) is -1.83. The Kier molecular flexibility index (Phi) is 2.49. The molecule has 0 saturated carbocycles. The maximum Gasteiger partial charge on any atom is 0.422 e. The summed E-state index contributed by atoms with van der Waals surface area (Å²) in [5.74, 6) is 0.0947. The molecular weight excluding hydrogens is 185 g/mol. The van der Waals surface area contributed by atoms with Crippen LogP contribution in [-0.2, 0) is 7.05 Å². The van der Waals surface area contributed by atoms with E-state index in [9.17, 15) is 13.2 Å². The molecule has 13 heavy (non-hydrogen) atoms. The maximum atomic E-state index is 11.7. The fourth-order valence-electron chi connectivity index (χ4n) is 0.838. The van der Waals surface area contributed by atoms with E-state index in [1.165, 1.54) is 11.7 Å². The molecule has 1 heterocycles. The monoisotopic (exact) mass is 193 g/mol. The van der Waals surface area contributed by atoms with Crippen molar-refractivity contribution in [1.82, 2.24) is 9.78 Å². The first-order valence-corrected chi connectivity index (χ1v) is 3.51. The van der Waals surface area contributed by atoms with Crippen molar-refractivity contribution in [1.29, 1.82) is 0 Å². The Morgan fingerprint density at radius 3 is 2.54 bits per heavy atom. The van der Waals surface area contributed by atoms with Gasteiger partial charge in [-0.1, -0.05) is 0 Å². The van der Waals surface area contributed by atoms with Crippen LogP contribution in [0.4, 0.5) is 13.2 Å². The molecule has 0 N–H and O–H groups in total. The molecule has 1 aromatic heterocycles. The SMILES string of the molecule is Cc1[c]nn(C)c1OCC(F)(F)F. The quantitative estimate of drug-likeness (QED) is 0.711. The minimum absolute atomic E-state index is 0.0947. The lowest BCUT2D eigenvalue weighted by Gasteiger charge is -2.09. The zero-order valence-electron chi connectivity index (χ0n) is 7.14. The highest BCUT2D eigenvalue weighted by Gasteiger charge is 2.29. The van der Waals surface area contributed by atoms with Crippen molar-refractivity contribution in [2.45, 2.75) is 13.1 Å². The van der Waals surface area contributed by atoms with E-state index in [1.54, 1.807) is 6.92 Å². The Morgan fingerprint density at radius 1 is 1.54 bits per heavy atom. The molecule has 0 aliphatic heterocycles. The molecule has 0 bridgehead atoms. The summed E-state index contributed by atoms with van der Waals surface area (Å²) in [7, 11) is 1.50. The highest BCUT2D eigenvalue weighted by molar-refractivity contribution is 5.20. The number of nitrogens with zero attached hydrogens (tertiary/aromatic N) is 2. The third-order valence-corrected chi connectivity index (χ3v) is 1.35. The Labute approximate surface area is 73.1 Å². The van der Waals surface area contributed by atoms with Gasteiger partial charge in [-0.05, 0) is 6.92 Å². The van der Waals surface area contributed by atoms with E-state index in [-0.39, 0.29) is 5.88 Å². The van der Waals surface area contributed by atoms with Gasteiger partial charge >= 0.3 is 6.18 Å². The second-order valence-electron chi connectivity index (χ2n) is 2.57. The van der Waals surface area contributed by atoms with Crippen LogP contribution in [-0.4, -0.2) is 22.6 Å². The van der Waals surface area contributed by atoms with Gasteiger partial charge in [0.2, 0.25) is 5.88 Å². The molecule has 0 amide bonds. The van der Waals surface area contributed by atoms with Crippen LogP contribution in [0, 0.1) is 13.1 Å². The fourth-order valence-corrected chi connectivity index (χ4v) is 0.838.